The Morgan fingerprint density at radius 1 is 1.25 bits per heavy atom. The van der Waals surface area contributed by atoms with Gasteiger partial charge in [-0.2, -0.15) is 0 Å². The number of carbonyl (C=O) groups is 2. The van der Waals surface area contributed by atoms with Crippen LogP contribution in [0.2, 0.25) is 0 Å². The van der Waals surface area contributed by atoms with Crippen LogP contribution >= 0.6 is 0 Å². The van der Waals surface area contributed by atoms with Gasteiger partial charge in [-0.3, -0.25) is 4.79 Å². The molecule has 1 aromatic carbocycles. The van der Waals surface area contributed by atoms with E-state index in [9.17, 15) is 9.59 Å². The summed E-state index contributed by atoms with van der Waals surface area (Å²) in [6.07, 6.45) is 5.69. The zero-order chi connectivity index (χ0) is 16.9. The van der Waals surface area contributed by atoms with Crippen molar-refractivity contribution in [3.63, 3.8) is 0 Å². The molecule has 1 saturated carbocycles. The highest BCUT2D eigenvalue weighted by Gasteiger charge is 2.37. The third kappa shape index (κ3) is 3.80. The first-order valence-corrected chi connectivity index (χ1v) is 8.65. The number of benzene rings is 1. The van der Waals surface area contributed by atoms with E-state index in [1.54, 1.807) is 7.11 Å². The predicted octanol–water partition coefficient (Wildman–Crippen LogP) is 2.04. The fourth-order valence-electron chi connectivity index (χ4n) is 3.47. The number of hydrogen-bond donors (Lipinski definition) is 2. The van der Waals surface area contributed by atoms with Crippen LogP contribution in [0, 0.1) is 0 Å². The Kier molecular flexibility index (Phi) is 5.23. The molecule has 3 rings (SSSR count). The van der Waals surface area contributed by atoms with Gasteiger partial charge in [0.05, 0.1) is 13.7 Å². The highest BCUT2D eigenvalue weighted by atomic mass is 16.5. The van der Waals surface area contributed by atoms with Crippen LogP contribution in [0.5, 0.6) is 5.75 Å². The summed E-state index contributed by atoms with van der Waals surface area (Å²) in [6, 6.07) is 7.29. The molecule has 1 aromatic rings. The summed E-state index contributed by atoms with van der Waals surface area (Å²) in [5, 5.41) is 5.71. The molecule has 0 bridgehead atoms. The molecule has 6 heteroatoms. The standard InChI is InChI=1S/C18H25N3O3/c1-24-15-9-7-13(8-10-15)11-19-17(22)16-12-21(18(23)20-16)14-5-3-2-4-6-14/h7-10,14,16H,2-6,11-12H2,1H3,(H,19,22)(H,20,23). The van der Waals surface area contributed by atoms with E-state index >= 15 is 0 Å². The van der Waals surface area contributed by atoms with Crippen LogP contribution in [-0.4, -0.2) is 42.6 Å². The minimum Gasteiger partial charge on any atom is -0.497 e. The Morgan fingerprint density at radius 2 is 1.96 bits per heavy atom. The summed E-state index contributed by atoms with van der Waals surface area (Å²) in [7, 11) is 1.62. The van der Waals surface area contributed by atoms with Crippen molar-refractivity contribution >= 4 is 11.9 Å². The summed E-state index contributed by atoms with van der Waals surface area (Å²) in [4.78, 5) is 26.3. The summed E-state index contributed by atoms with van der Waals surface area (Å²) < 4.78 is 5.12. The Balaban J connectivity index is 1.50. The second-order valence-electron chi connectivity index (χ2n) is 6.51. The molecule has 0 spiro atoms. The average molecular weight is 331 g/mol. The monoisotopic (exact) mass is 331 g/mol. The van der Waals surface area contributed by atoms with Crippen molar-refractivity contribution in [2.45, 2.75) is 50.7 Å². The maximum absolute atomic E-state index is 12.3. The van der Waals surface area contributed by atoms with Gasteiger partial charge in [0, 0.05) is 12.6 Å². The Hall–Kier alpha value is -2.24. The number of nitrogens with zero attached hydrogens (tertiary/aromatic N) is 1. The fraction of sp³-hybridized carbons (Fsp3) is 0.556. The molecule has 1 heterocycles. The van der Waals surface area contributed by atoms with E-state index in [4.69, 9.17) is 4.74 Å². The topological polar surface area (TPSA) is 70.7 Å². The summed E-state index contributed by atoms with van der Waals surface area (Å²) in [5.41, 5.74) is 0.998. The highest BCUT2D eigenvalue weighted by molar-refractivity contribution is 5.90. The lowest BCUT2D eigenvalue weighted by molar-refractivity contribution is -0.122. The number of ether oxygens (including phenoxy) is 1. The Labute approximate surface area is 142 Å². The molecule has 1 saturated heterocycles. The molecule has 1 unspecified atom stereocenters. The number of carbonyl (C=O) groups excluding carboxylic acids is 2. The van der Waals surface area contributed by atoms with Crippen molar-refractivity contribution in [3.05, 3.63) is 29.8 Å². The van der Waals surface area contributed by atoms with E-state index in [1.807, 2.05) is 29.2 Å². The van der Waals surface area contributed by atoms with Crippen LogP contribution in [0.15, 0.2) is 24.3 Å². The van der Waals surface area contributed by atoms with Gasteiger partial charge >= 0.3 is 6.03 Å². The quantitative estimate of drug-likeness (QED) is 0.867. The molecule has 2 N–H and O–H groups in total. The summed E-state index contributed by atoms with van der Waals surface area (Å²) in [5.74, 6) is 0.661. The molecule has 0 radical (unpaired) electrons. The van der Waals surface area contributed by atoms with E-state index in [1.165, 1.54) is 19.3 Å². The molecular weight excluding hydrogens is 306 g/mol. The van der Waals surface area contributed by atoms with Gasteiger partial charge in [-0.15, -0.1) is 0 Å². The number of rotatable bonds is 5. The van der Waals surface area contributed by atoms with E-state index in [0.29, 0.717) is 13.1 Å². The van der Waals surface area contributed by atoms with Crippen molar-refractivity contribution in [2.24, 2.45) is 0 Å². The fourth-order valence-corrected chi connectivity index (χ4v) is 3.47. The lowest BCUT2D eigenvalue weighted by atomic mass is 9.94. The normalized spacial score (nSPS) is 21.5. The van der Waals surface area contributed by atoms with Crippen molar-refractivity contribution in [1.82, 2.24) is 15.5 Å². The Bertz CT molecular complexity index is 582. The third-order valence-electron chi connectivity index (χ3n) is 4.90. The van der Waals surface area contributed by atoms with E-state index in [-0.39, 0.29) is 18.0 Å². The summed E-state index contributed by atoms with van der Waals surface area (Å²) in [6.45, 7) is 0.913. The van der Waals surface area contributed by atoms with Gasteiger partial charge in [-0.05, 0) is 30.5 Å². The number of urea groups is 1. The molecule has 24 heavy (non-hydrogen) atoms. The molecule has 0 aromatic heterocycles. The van der Waals surface area contributed by atoms with Crippen LogP contribution in [0.25, 0.3) is 0 Å². The zero-order valence-corrected chi connectivity index (χ0v) is 14.1. The number of methoxy groups -OCH3 is 1. The van der Waals surface area contributed by atoms with Crippen LogP contribution in [0.3, 0.4) is 0 Å². The minimum absolute atomic E-state index is 0.105. The number of amides is 3. The van der Waals surface area contributed by atoms with Crippen LogP contribution < -0.4 is 15.4 Å². The molecule has 6 nitrogen and oxygen atoms in total. The van der Waals surface area contributed by atoms with Gasteiger partial charge in [-0.25, -0.2) is 4.79 Å². The molecular formula is C18H25N3O3. The second kappa shape index (κ2) is 7.55. The lowest BCUT2D eigenvalue weighted by Gasteiger charge is -2.30. The highest BCUT2D eigenvalue weighted by Crippen LogP contribution is 2.24. The minimum atomic E-state index is -0.460. The predicted molar refractivity (Wildman–Crippen MR) is 90.7 cm³/mol. The third-order valence-corrected chi connectivity index (χ3v) is 4.90. The smallest absolute Gasteiger partial charge is 0.318 e. The van der Waals surface area contributed by atoms with Crippen molar-refractivity contribution < 1.29 is 14.3 Å². The maximum Gasteiger partial charge on any atom is 0.318 e. The second-order valence-corrected chi connectivity index (χ2v) is 6.51. The number of hydrogen-bond acceptors (Lipinski definition) is 3. The lowest BCUT2D eigenvalue weighted by Crippen LogP contribution is -2.42. The first kappa shape index (κ1) is 16.6. The van der Waals surface area contributed by atoms with E-state index in [2.05, 4.69) is 10.6 Å². The SMILES string of the molecule is COc1ccc(CNC(=O)C2CN(C3CCCCC3)C(=O)N2)cc1. The maximum atomic E-state index is 12.3. The first-order chi connectivity index (χ1) is 11.7. The molecule has 2 fully saturated rings. The van der Waals surface area contributed by atoms with Crippen LogP contribution in [0.1, 0.15) is 37.7 Å². The van der Waals surface area contributed by atoms with Crippen molar-refractivity contribution in [1.29, 1.82) is 0 Å². The van der Waals surface area contributed by atoms with Crippen molar-refractivity contribution in [2.75, 3.05) is 13.7 Å². The van der Waals surface area contributed by atoms with E-state index in [0.717, 1.165) is 24.2 Å². The van der Waals surface area contributed by atoms with Gasteiger partial charge in [0.25, 0.3) is 0 Å². The van der Waals surface area contributed by atoms with Gasteiger partial charge in [-0.1, -0.05) is 31.4 Å². The molecule has 1 aliphatic carbocycles. The Morgan fingerprint density at radius 3 is 2.62 bits per heavy atom. The molecule has 1 aliphatic heterocycles. The van der Waals surface area contributed by atoms with Gasteiger partial charge in [0.1, 0.15) is 11.8 Å². The van der Waals surface area contributed by atoms with E-state index < -0.39 is 6.04 Å². The summed E-state index contributed by atoms with van der Waals surface area (Å²) >= 11 is 0. The molecule has 2 aliphatic rings. The van der Waals surface area contributed by atoms with Crippen LogP contribution in [0.4, 0.5) is 4.79 Å². The van der Waals surface area contributed by atoms with Gasteiger partial charge in [0.2, 0.25) is 5.91 Å². The molecule has 130 valence electrons. The first-order valence-electron chi connectivity index (χ1n) is 8.65. The zero-order valence-electron chi connectivity index (χ0n) is 14.1. The molecule has 1 atom stereocenters. The molecule has 3 amide bonds. The number of nitrogens with one attached hydrogen (secondary N) is 2. The largest absolute Gasteiger partial charge is 0.497 e. The van der Waals surface area contributed by atoms with Crippen LogP contribution in [-0.2, 0) is 11.3 Å². The van der Waals surface area contributed by atoms with Gasteiger partial charge in [0.15, 0.2) is 0 Å². The van der Waals surface area contributed by atoms with Crippen molar-refractivity contribution in [3.8, 4) is 5.75 Å². The van der Waals surface area contributed by atoms with Gasteiger partial charge < -0.3 is 20.3 Å². The average Bonchev–Trinajstić information content (AvgIpc) is 3.02.